The van der Waals surface area contributed by atoms with Gasteiger partial charge in [0, 0.05) is 19.2 Å². The zero-order valence-electron chi connectivity index (χ0n) is 15.4. The van der Waals surface area contributed by atoms with Crippen molar-refractivity contribution in [3.05, 3.63) is 46.0 Å². The van der Waals surface area contributed by atoms with Crippen LogP contribution in [0.4, 0.5) is 0 Å². The molecule has 0 bridgehead atoms. The summed E-state index contributed by atoms with van der Waals surface area (Å²) >= 11 is 0. The molecule has 0 saturated heterocycles. The molecule has 1 aromatic carbocycles. The SMILES string of the molecule is COc1cc(/C=C/C=C/C(=O)NCCCO)cc(OC)c1OC.O=[N+]([O-])O. The molecule has 0 aliphatic heterocycles. The summed E-state index contributed by atoms with van der Waals surface area (Å²) in [5.74, 6) is 1.47. The van der Waals surface area contributed by atoms with Crippen LogP contribution in [0.2, 0.25) is 0 Å². The van der Waals surface area contributed by atoms with Crippen molar-refractivity contribution in [2.24, 2.45) is 0 Å². The van der Waals surface area contributed by atoms with E-state index in [4.69, 9.17) is 34.6 Å². The molecule has 1 aromatic rings. The number of ether oxygens (including phenoxy) is 3. The molecule has 1 amide bonds. The number of nitrogens with one attached hydrogen (secondary N) is 1. The molecule has 10 heteroatoms. The lowest BCUT2D eigenvalue weighted by Crippen LogP contribution is -2.22. The molecule has 150 valence electrons. The summed E-state index contributed by atoms with van der Waals surface area (Å²) in [5.41, 5.74) is 0.852. The average Bonchev–Trinajstić information content (AvgIpc) is 2.64. The van der Waals surface area contributed by atoms with E-state index in [0.29, 0.717) is 30.2 Å². The highest BCUT2D eigenvalue weighted by atomic mass is 16.9. The third kappa shape index (κ3) is 10.3. The molecule has 0 aliphatic carbocycles. The van der Waals surface area contributed by atoms with Crippen molar-refractivity contribution in [3.63, 3.8) is 0 Å². The summed E-state index contributed by atoms with van der Waals surface area (Å²) in [6.45, 7) is 0.515. The lowest BCUT2D eigenvalue weighted by Gasteiger charge is -2.12. The first kappa shape index (κ1) is 23.7. The van der Waals surface area contributed by atoms with E-state index in [-0.39, 0.29) is 12.5 Å². The average molecular weight is 384 g/mol. The molecular formula is C17H24N2O8. The van der Waals surface area contributed by atoms with Gasteiger partial charge in [-0.25, -0.2) is 0 Å². The quantitative estimate of drug-likeness (QED) is 0.191. The Bertz CT molecular complexity index is 629. The van der Waals surface area contributed by atoms with E-state index >= 15 is 0 Å². The fourth-order valence-corrected chi connectivity index (χ4v) is 1.86. The van der Waals surface area contributed by atoms with Crippen LogP contribution >= 0.6 is 0 Å². The van der Waals surface area contributed by atoms with Gasteiger partial charge in [-0.2, -0.15) is 0 Å². The van der Waals surface area contributed by atoms with Gasteiger partial charge < -0.3 is 29.8 Å². The predicted molar refractivity (Wildman–Crippen MR) is 97.8 cm³/mol. The second-order valence-corrected chi connectivity index (χ2v) is 4.78. The molecule has 0 heterocycles. The first-order valence-corrected chi connectivity index (χ1v) is 7.76. The maximum atomic E-state index is 11.4. The summed E-state index contributed by atoms with van der Waals surface area (Å²) in [4.78, 5) is 19.8. The zero-order chi connectivity index (χ0) is 20.7. The van der Waals surface area contributed by atoms with E-state index in [9.17, 15) is 4.79 Å². The van der Waals surface area contributed by atoms with E-state index in [1.54, 1.807) is 33.5 Å². The molecule has 0 aliphatic rings. The minimum Gasteiger partial charge on any atom is -0.493 e. The monoisotopic (exact) mass is 384 g/mol. The normalized spacial score (nSPS) is 10.2. The Hall–Kier alpha value is -3.27. The van der Waals surface area contributed by atoms with E-state index in [1.807, 2.05) is 18.2 Å². The number of allylic oxidation sites excluding steroid dienone is 2. The lowest BCUT2D eigenvalue weighted by atomic mass is 10.1. The van der Waals surface area contributed by atoms with Crippen LogP contribution in [0.25, 0.3) is 6.08 Å². The van der Waals surface area contributed by atoms with Gasteiger partial charge in [-0.3, -0.25) is 4.79 Å². The van der Waals surface area contributed by atoms with Crippen LogP contribution in [0.5, 0.6) is 17.2 Å². The number of benzene rings is 1. The highest BCUT2D eigenvalue weighted by Gasteiger charge is 2.11. The third-order valence-electron chi connectivity index (χ3n) is 2.97. The Morgan fingerprint density at radius 2 is 1.74 bits per heavy atom. The number of methoxy groups -OCH3 is 3. The molecule has 1 rings (SSSR count). The van der Waals surface area contributed by atoms with Gasteiger partial charge in [0.15, 0.2) is 11.5 Å². The molecule has 0 fully saturated rings. The lowest BCUT2D eigenvalue weighted by molar-refractivity contribution is -0.742. The van der Waals surface area contributed by atoms with Gasteiger partial charge in [0.1, 0.15) is 0 Å². The molecule has 27 heavy (non-hydrogen) atoms. The van der Waals surface area contributed by atoms with Gasteiger partial charge in [-0.15, -0.1) is 10.1 Å². The Kier molecular flexibility index (Phi) is 12.3. The number of nitrogens with zero attached hydrogens (tertiary/aromatic N) is 1. The van der Waals surface area contributed by atoms with Gasteiger partial charge >= 0.3 is 0 Å². The Morgan fingerprint density at radius 1 is 1.19 bits per heavy atom. The fourth-order valence-electron chi connectivity index (χ4n) is 1.86. The second kappa shape index (κ2) is 14.0. The van der Waals surface area contributed by atoms with Crippen LogP contribution in [0.15, 0.2) is 30.4 Å². The smallest absolute Gasteiger partial charge is 0.291 e. The Labute approximate surface area is 156 Å². The molecule has 10 nitrogen and oxygen atoms in total. The molecule has 0 radical (unpaired) electrons. The van der Waals surface area contributed by atoms with E-state index in [2.05, 4.69) is 5.32 Å². The van der Waals surface area contributed by atoms with Crippen LogP contribution in [-0.4, -0.2) is 55.8 Å². The van der Waals surface area contributed by atoms with Crippen molar-refractivity contribution in [2.75, 3.05) is 34.5 Å². The standard InChI is InChI=1S/C17H23NO5.HNO3/c1-21-14-11-13(12-15(22-2)17(14)23-3)7-4-5-8-16(20)18-9-6-10-19;2-1(3)4/h4-5,7-8,11-12,19H,6,9-10H2,1-3H3,(H,18,20);(H,2,3,4)/b7-4+,8-5+;. The number of hydrogen-bond donors (Lipinski definition) is 3. The summed E-state index contributed by atoms with van der Waals surface area (Å²) in [6.07, 6.45) is 7.17. The third-order valence-corrected chi connectivity index (χ3v) is 2.97. The van der Waals surface area contributed by atoms with Crippen LogP contribution in [0.1, 0.15) is 12.0 Å². The van der Waals surface area contributed by atoms with Crippen LogP contribution in [0.3, 0.4) is 0 Å². The molecule has 0 unspecified atom stereocenters. The van der Waals surface area contributed by atoms with Crippen LogP contribution in [0, 0.1) is 10.1 Å². The fraction of sp³-hybridized carbons (Fsp3) is 0.353. The van der Waals surface area contributed by atoms with Gasteiger partial charge in [-0.1, -0.05) is 18.2 Å². The number of aliphatic hydroxyl groups is 1. The Morgan fingerprint density at radius 3 is 2.19 bits per heavy atom. The maximum absolute atomic E-state index is 11.4. The molecule has 0 atom stereocenters. The predicted octanol–water partition coefficient (Wildman–Crippen LogP) is 1.43. The number of aliphatic hydroxyl groups excluding tert-OH is 1. The van der Waals surface area contributed by atoms with Gasteiger partial charge in [-0.05, 0) is 24.1 Å². The maximum Gasteiger partial charge on any atom is 0.291 e. The Balaban J connectivity index is 0.00000153. The molecule has 0 spiro atoms. The molecule has 0 aromatic heterocycles. The van der Waals surface area contributed by atoms with Crippen molar-refractivity contribution >= 4 is 12.0 Å². The van der Waals surface area contributed by atoms with E-state index in [1.165, 1.54) is 6.08 Å². The second-order valence-electron chi connectivity index (χ2n) is 4.78. The van der Waals surface area contributed by atoms with Crippen molar-refractivity contribution in [1.82, 2.24) is 5.32 Å². The number of carbonyl (C=O) groups is 1. The first-order chi connectivity index (χ1) is 12.9. The zero-order valence-corrected chi connectivity index (χ0v) is 15.4. The minimum atomic E-state index is -1.50. The van der Waals surface area contributed by atoms with Crippen LogP contribution in [-0.2, 0) is 4.79 Å². The molecule has 0 saturated carbocycles. The summed E-state index contributed by atoms with van der Waals surface area (Å²) in [6, 6.07) is 3.63. The number of amides is 1. The molecule has 3 N–H and O–H groups in total. The van der Waals surface area contributed by atoms with Crippen molar-refractivity contribution in [2.45, 2.75) is 6.42 Å². The van der Waals surface area contributed by atoms with Crippen molar-refractivity contribution in [3.8, 4) is 17.2 Å². The summed E-state index contributed by atoms with van der Waals surface area (Å²) in [7, 11) is 4.66. The van der Waals surface area contributed by atoms with Gasteiger partial charge in [0.2, 0.25) is 11.7 Å². The van der Waals surface area contributed by atoms with E-state index < -0.39 is 5.09 Å². The van der Waals surface area contributed by atoms with Crippen molar-refractivity contribution < 1.29 is 34.4 Å². The van der Waals surface area contributed by atoms with Gasteiger partial charge in [0.25, 0.3) is 5.09 Å². The number of carbonyl (C=O) groups excluding carboxylic acids is 1. The number of hydrogen-bond acceptors (Lipinski definition) is 7. The molecular weight excluding hydrogens is 360 g/mol. The van der Waals surface area contributed by atoms with Crippen molar-refractivity contribution in [1.29, 1.82) is 0 Å². The topological polar surface area (TPSA) is 140 Å². The first-order valence-electron chi connectivity index (χ1n) is 7.76. The highest BCUT2D eigenvalue weighted by Crippen LogP contribution is 2.38. The summed E-state index contributed by atoms with van der Waals surface area (Å²) < 4.78 is 15.8. The summed E-state index contributed by atoms with van der Waals surface area (Å²) in [5, 5.41) is 24.9. The number of rotatable bonds is 9. The van der Waals surface area contributed by atoms with Gasteiger partial charge in [0.05, 0.1) is 21.3 Å². The van der Waals surface area contributed by atoms with Crippen LogP contribution < -0.4 is 19.5 Å². The minimum absolute atomic E-state index is 0.0605. The largest absolute Gasteiger partial charge is 0.493 e. The van der Waals surface area contributed by atoms with E-state index in [0.717, 1.165) is 5.56 Å². The highest BCUT2D eigenvalue weighted by molar-refractivity contribution is 5.87.